The van der Waals surface area contributed by atoms with Crippen molar-refractivity contribution in [3.05, 3.63) is 0 Å². The molecule has 0 saturated carbocycles. The predicted octanol–water partition coefficient (Wildman–Crippen LogP) is 2.08. The Kier molecular flexibility index (Phi) is 12.4. The molecule has 23 heavy (non-hydrogen) atoms. The van der Waals surface area contributed by atoms with Gasteiger partial charge >= 0.3 is 0 Å². The summed E-state index contributed by atoms with van der Waals surface area (Å²) >= 11 is 11.7. The number of halogens is 3. The van der Waals surface area contributed by atoms with Crippen LogP contribution in [0.5, 0.6) is 0 Å². The molecule has 0 saturated heterocycles. The van der Waals surface area contributed by atoms with Gasteiger partial charge in [0.15, 0.2) is 28.1 Å². The first-order valence-corrected chi connectivity index (χ1v) is 8.26. The molecule has 5 nitrogen and oxygen atoms in total. The van der Waals surface area contributed by atoms with E-state index in [2.05, 4.69) is 0 Å². The van der Waals surface area contributed by atoms with Gasteiger partial charge in [-0.15, -0.1) is 35.6 Å². The van der Waals surface area contributed by atoms with Crippen LogP contribution < -0.4 is 11.5 Å². The lowest BCUT2D eigenvalue weighted by Crippen LogP contribution is -2.47. The van der Waals surface area contributed by atoms with Crippen LogP contribution in [0.1, 0.15) is 40.5 Å². The molecule has 0 radical (unpaired) electrons. The third-order valence-corrected chi connectivity index (χ3v) is 4.04. The van der Waals surface area contributed by atoms with Crippen LogP contribution in [-0.4, -0.2) is 40.2 Å². The van der Waals surface area contributed by atoms with Crippen molar-refractivity contribution in [2.45, 2.75) is 63.4 Å². The molecule has 0 rings (SSSR count). The number of carbonyl (C=O) groups excluding carboxylic acids is 3. The van der Waals surface area contributed by atoms with E-state index in [1.807, 2.05) is 27.7 Å². The second kappa shape index (κ2) is 11.4. The Labute approximate surface area is 154 Å². The van der Waals surface area contributed by atoms with Gasteiger partial charge in [0.05, 0.1) is 12.1 Å². The molecule has 2 unspecified atom stereocenters. The van der Waals surface area contributed by atoms with Crippen LogP contribution in [0.2, 0.25) is 0 Å². The molecule has 0 bridgehead atoms. The van der Waals surface area contributed by atoms with Gasteiger partial charge in [0.2, 0.25) is 0 Å². The minimum atomic E-state index is -1.52. The smallest absolute Gasteiger partial charge is 0.183 e. The lowest BCUT2D eigenvalue weighted by Gasteiger charge is -2.19. The maximum Gasteiger partial charge on any atom is 0.183 e. The summed E-state index contributed by atoms with van der Waals surface area (Å²) in [5.41, 5.74) is 11.4. The van der Waals surface area contributed by atoms with Crippen molar-refractivity contribution < 1.29 is 14.4 Å². The van der Waals surface area contributed by atoms with E-state index in [9.17, 15) is 14.4 Å². The highest BCUT2D eigenvalue weighted by molar-refractivity contribution is 6.52. The second-order valence-corrected chi connectivity index (χ2v) is 7.28. The Hall–Kier alpha value is -0.200. The fourth-order valence-electron chi connectivity index (χ4n) is 2.03. The molecule has 0 aromatic carbocycles. The summed E-state index contributed by atoms with van der Waals surface area (Å²) in [6.45, 7) is 7.60. The molecule has 4 atom stereocenters. The van der Waals surface area contributed by atoms with Crippen molar-refractivity contribution in [3.8, 4) is 0 Å². The van der Waals surface area contributed by atoms with E-state index in [-0.39, 0.29) is 24.2 Å². The first kappa shape index (κ1) is 25.0. The van der Waals surface area contributed by atoms with Gasteiger partial charge in [-0.25, -0.2) is 0 Å². The van der Waals surface area contributed by atoms with Crippen molar-refractivity contribution in [2.24, 2.45) is 23.3 Å². The lowest BCUT2D eigenvalue weighted by atomic mass is 9.94. The zero-order valence-electron chi connectivity index (χ0n) is 13.9. The van der Waals surface area contributed by atoms with Crippen LogP contribution in [0.4, 0.5) is 0 Å². The molecule has 0 amide bonds. The normalized spacial score (nSPS) is 16.4. The van der Waals surface area contributed by atoms with E-state index in [0.717, 1.165) is 0 Å². The van der Waals surface area contributed by atoms with Crippen molar-refractivity contribution in [3.63, 3.8) is 0 Å². The standard InChI is InChI=1S/C15H26Cl2N2O3.ClH/c1-7(2)5-9(18)13(20)11(16)15(22)12(17)14(21)10(19)6-8(3)4;/h7-12H,5-6,18-19H2,1-4H3;1H/t9-,10-,11?,12?;/m0./s1. The minimum Gasteiger partial charge on any atom is -0.321 e. The monoisotopic (exact) mass is 388 g/mol. The predicted molar refractivity (Wildman–Crippen MR) is 96.4 cm³/mol. The highest BCUT2D eigenvalue weighted by Gasteiger charge is 2.37. The Morgan fingerprint density at radius 1 is 0.739 bits per heavy atom. The molecule has 8 heteroatoms. The van der Waals surface area contributed by atoms with Gasteiger partial charge in [-0.05, 0) is 24.7 Å². The number of ketones is 3. The van der Waals surface area contributed by atoms with Crippen LogP contribution in [0, 0.1) is 11.8 Å². The van der Waals surface area contributed by atoms with Crippen molar-refractivity contribution in [1.29, 1.82) is 0 Å². The topological polar surface area (TPSA) is 103 Å². The van der Waals surface area contributed by atoms with E-state index in [0.29, 0.717) is 12.8 Å². The maximum atomic E-state index is 12.1. The molecule has 4 N–H and O–H groups in total. The minimum absolute atomic E-state index is 0. The molecule has 136 valence electrons. The molecule has 0 spiro atoms. The first-order chi connectivity index (χ1) is 9.98. The molecule has 0 heterocycles. The van der Waals surface area contributed by atoms with Gasteiger partial charge in [-0.1, -0.05) is 27.7 Å². The van der Waals surface area contributed by atoms with Gasteiger partial charge in [0, 0.05) is 0 Å². The maximum absolute atomic E-state index is 12.1. The van der Waals surface area contributed by atoms with Gasteiger partial charge < -0.3 is 11.5 Å². The average Bonchev–Trinajstić information content (AvgIpc) is 2.41. The van der Waals surface area contributed by atoms with Gasteiger partial charge in [-0.3, -0.25) is 14.4 Å². The quantitative estimate of drug-likeness (QED) is 0.440. The van der Waals surface area contributed by atoms with Gasteiger partial charge in [0.25, 0.3) is 0 Å². The van der Waals surface area contributed by atoms with E-state index in [4.69, 9.17) is 34.7 Å². The highest BCUT2D eigenvalue weighted by atomic mass is 35.5. The average molecular weight is 390 g/mol. The summed E-state index contributed by atoms with van der Waals surface area (Å²) in [7, 11) is 0. The van der Waals surface area contributed by atoms with Crippen molar-refractivity contribution in [2.75, 3.05) is 0 Å². The fraction of sp³-hybridized carbons (Fsp3) is 0.800. The zero-order valence-corrected chi connectivity index (χ0v) is 16.3. The number of carbonyl (C=O) groups is 3. The van der Waals surface area contributed by atoms with E-state index in [1.165, 1.54) is 0 Å². The van der Waals surface area contributed by atoms with Crippen molar-refractivity contribution >= 4 is 53.0 Å². The van der Waals surface area contributed by atoms with Crippen LogP contribution >= 0.6 is 35.6 Å². The van der Waals surface area contributed by atoms with E-state index < -0.39 is 40.2 Å². The zero-order chi connectivity index (χ0) is 17.6. The highest BCUT2D eigenvalue weighted by Crippen LogP contribution is 2.16. The molecular formula is C15H27Cl3N2O3. The number of hydrogen-bond acceptors (Lipinski definition) is 5. The third kappa shape index (κ3) is 8.45. The third-order valence-electron chi connectivity index (χ3n) is 3.18. The molecule has 0 aliphatic heterocycles. The summed E-state index contributed by atoms with van der Waals surface area (Å²) in [6, 6.07) is -1.70. The van der Waals surface area contributed by atoms with E-state index >= 15 is 0 Å². The lowest BCUT2D eigenvalue weighted by molar-refractivity contribution is -0.130. The van der Waals surface area contributed by atoms with Crippen LogP contribution in [0.15, 0.2) is 0 Å². The molecule has 0 aliphatic carbocycles. The Morgan fingerprint density at radius 2 is 1.00 bits per heavy atom. The summed E-state index contributed by atoms with van der Waals surface area (Å²) < 4.78 is 0. The largest absolute Gasteiger partial charge is 0.321 e. The fourth-order valence-corrected chi connectivity index (χ4v) is 2.67. The Morgan fingerprint density at radius 3 is 1.22 bits per heavy atom. The number of Topliss-reactive ketones (excluding diaryl/α,β-unsaturated/α-hetero) is 3. The van der Waals surface area contributed by atoms with Gasteiger partial charge in [0.1, 0.15) is 0 Å². The van der Waals surface area contributed by atoms with Crippen LogP contribution in [0.25, 0.3) is 0 Å². The molecule has 0 aliphatic rings. The molecule has 0 fully saturated rings. The second-order valence-electron chi connectivity index (χ2n) is 6.40. The van der Waals surface area contributed by atoms with Crippen molar-refractivity contribution in [1.82, 2.24) is 0 Å². The SMILES string of the molecule is CC(C)C[C@H](N)C(=O)C(Cl)C(=O)C(Cl)C(=O)[C@@H](N)CC(C)C.Cl. The number of rotatable bonds is 10. The summed E-state index contributed by atoms with van der Waals surface area (Å²) in [4.78, 5) is 36.1. The molecule has 0 aromatic heterocycles. The number of hydrogen-bond donors (Lipinski definition) is 2. The summed E-state index contributed by atoms with van der Waals surface area (Å²) in [5, 5.41) is -3.04. The number of alkyl halides is 2. The molecule has 0 aromatic rings. The first-order valence-electron chi connectivity index (χ1n) is 7.39. The van der Waals surface area contributed by atoms with Crippen LogP contribution in [0.3, 0.4) is 0 Å². The Bertz CT molecular complexity index is 381. The van der Waals surface area contributed by atoms with Gasteiger partial charge in [-0.2, -0.15) is 0 Å². The van der Waals surface area contributed by atoms with Crippen LogP contribution in [-0.2, 0) is 14.4 Å². The summed E-state index contributed by atoms with van der Waals surface area (Å²) in [5.74, 6) is -1.71. The molecular weight excluding hydrogens is 363 g/mol. The Balaban J connectivity index is 0. The summed E-state index contributed by atoms with van der Waals surface area (Å²) in [6.07, 6.45) is 0.812. The van der Waals surface area contributed by atoms with E-state index in [1.54, 1.807) is 0 Å². The number of nitrogens with two attached hydrogens (primary N) is 2.